The van der Waals surface area contributed by atoms with Gasteiger partial charge in [0.15, 0.2) is 0 Å². The van der Waals surface area contributed by atoms with Gasteiger partial charge < -0.3 is 9.47 Å². The summed E-state index contributed by atoms with van der Waals surface area (Å²) in [4.78, 5) is 2.46. The van der Waals surface area contributed by atoms with Crippen LogP contribution in [0.4, 0.5) is 17.1 Å². The largest absolute Gasteiger partial charge is 0.310 e. The molecular weight excluding hydrogens is 749 g/mol. The first-order valence-electron chi connectivity index (χ1n) is 21.3. The van der Waals surface area contributed by atoms with E-state index in [2.05, 4.69) is 264 Å². The summed E-state index contributed by atoms with van der Waals surface area (Å²) in [7, 11) is 0. The highest BCUT2D eigenvalue weighted by atomic mass is 15.1. The fourth-order valence-electron chi connectivity index (χ4n) is 9.10. The smallest absolute Gasteiger partial charge is 0.0562 e. The summed E-state index contributed by atoms with van der Waals surface area (Å²) in [6.45, 7) is 0. The third-order valence-electron chi connectivity index (χ3n) is 12.0. The maximum absolute atomic E-state index is 2.46. The van der Waals surface area contributed by atoms with E-state index in [0.29, 0.717) is 0 Å². The molecule has 0 aliphatic carbocycles. The van der Waals surface area contributed by atoms with Gasteiger partial charge in [-0.05, 0) is 93.0 Å². The van der Waals surface area contributed by atoms with E-state index < -0.39 is 0 Å². The molecule has 0 atom stereocenters. The van der Waals surface area contributed by atoms with Gasteiger partial charge in [0, 0.05) is 33.3 Å². The third kappa shape index (κ3) is 6.74. The number of rotatable bonds is 9. The molecule has 0 amide bonds. The van der Waals surface area contributed by atoms with Crippen LogP contribution in [0.1, 0.15) is 0 Å². The van der Waals surface area contributed by atoms with Crippen LogP contribution in [0.3, 0.4) is 0 Å². The Morgan fingerprint density at radius 2 is 0.742 bits per heavy atom. The van der Waals surface area contributed by atoms with E-state index in [1.807, 2.05) is 0 Å². The van der Waals surface area contributed by atoms with Crippen LogP contribution in [0.25, 0.3) is 83.1 Å². The van der Waals surface area contributed by atoms with Gasteiger partial charge in [-0.25, -0.2) is 0 Å². The lowest BCUT2D eigenvalue weighted by Gasteiger charge is -2.29. The average molecular weight is 791 g/mol. The third-order valence-corrected chi connectivity index (χ3v) is 12.0. The molecule has 0 aliphatic heterocycles. The number of benzene rings is 10. The summed E-state index contributed by atoms with van der Waals surface area (Å²) in [5.74, 6) is 0. The Bertz CT molecular complexity index is 3320. The lowest BCUT2D eigenvalue weighted by atomic mass is 9.93. The van der Waals surface area contributed by atoms with Crippen LogP contribution in [-0.4, -0.2) is 4.57 Å². The first kappa shape index (κ1) is 36.8. The minimum absolute atomic E-state index is 1.06. The van der Waals surface area contributed by atoms with Crippen molar-refractivity contribution in [1.82, 2.24) is 4.57 Å². The van der Waals surface area contributed by atoms with Crippen molar-refractivity contribution >= 4 is 38.9 Å². The summed E-state index contributed by atoms with van der Waals surface area (Å²) in [5, 5.41) is 2.43. The Morgan fingerprint density at radius 3 is 1.40 bits per heavy atom. The number of fused-ring (bicyclic) bond motifs is 3. The molecule has 1 heterocycles. The predicted octanol–water partition coefficient (Wildman–Crippen LogP) is 16.6. The van der Waals surface area contributed by atoms with Crippen molar-refractivity contribution in [2.75, 3.05) is 4.90 Å². The fourth-order valence-corrected chi connectivity index (χ4v) is 9.10. The zero-order valence-electron chi connectivity index (χ0n) is 34.1. The Labute approximate surface area is 362 Å². The molecule has 11 rings (SSSR count). The van der Waals surface area contributed by atoms with Crippen molar-refractivity contribution in [2.45, 2.75) is 0 Å². The maximum Gasteiger partial charge on any atom is 0.0562 e. The highest BCUT2D eigenvalue weighted by Crippen LogP contribution is 2.47. The molecule has 0 bridgehead atoms. The van der Waals surface area contributed by atoms with Crippen molar-refractivity contribution in [2.24, 2.45) is 0 Å². The first-order chi connectivity index (χ1) is 30.8. The average Bonchev–Trinajstić information content (AvgIpc) is 3.69. The van der Waals surface area contributed by atoms with Crippen LogP contribution < -0.4 is 4.90 Å². The van der Waals surface area contributed by atoms with Crippen molar-refractivity contribution < 1.29 is 0 Å². The van der Waals surface area contributed by atoms with Crippen LogP contribution in [0.15, 0.2) is 255 Å². The molecule has 2 heteroatoms. The van der Waals surface area contributed by atoms with E-state index in [-0.39, 0.29) is 0 Å². The molecule has 1 aromatic heterocycles. The van der Waals surface area contributed by atoms with Crippen LogP contribution >= 0.6 is 0 Å². The van der Waals surface area contributed by atoms with Gasteiger partial charge in [-0.3, -0.25) is 0 Å². The van der Waals surface area contributed by atoms with Crippen LogP contribution in [0.5, 0.6) is 0 Å². The van der Waals surface area contributed by atoms with Crippen molar-refractivity contribution in [3.8, 4) is 61.3 Å². The molecule has 10 aromatic carbocycles. The van der Waals surface area contributed by atoms with Gasteiger partial charge in [0.25, 0.3) is 0 Å². The summed E-state index contributed by atoms with van der Waals surface area (Å²) in [6, 6.07) is 92.2. The number of para-hydroxylation sites is 2. The van der Waals surface area contributed by atoms with E-state index in [4.69, 9.17) is 0 Å². The molecule has 0 N–H and O–H groups in total. The van der Waals surface area contributed by atoms with Crippen LogP contribution in [0, 0.1) is 0 Å². The lowest BCUT2D eigenvalue weighted by molar-refractivity contribution is 1.18. The maximum atomic E-state index is 2.46. The van der Waals surface area contributed by atoms with E-state index in [9.17, 15) is 0 Å². The number of aromatic nitrogens is 1. The number of nitrogens with zero attached hydrogens (tertiary/aromatic N) is 2. The summed E-state index contributed by atoms with van der Waals surface area (Å²) >= 11 is 0. The second-order valence-electron chi connectivity index (χ2n) is 15.7. The zero-order chi connectivity index (χ0) is 41.2. The van der Waals surface area contributed by atoms with E-state index in [1.165, 1.54) is 60.8 Å². The minimum Gasteiger partial charge on any atom is -0.310 e. The minimum atomic E-state index is 1.06. The standard InChI is InChI=1S/C60H42N2/c1-6-20-43(21-7-1)48-34-39-59(56(40-48)47-28-14-5-15-29-47)61(49-35-37-51(44-22-8-2-9-23-44)55(41-49)46-26-12-4-13-27-46)50-36-38-54-53-31-17-19-33-58(53)62(60(54)42-50)57-32-18-16-30-52(57)45-24-10-3-11-25-45/h1-42H. The van der Waals surface area contributed by atoms with Gasteiger partial charge in [0.2, 0.25) is 0 Å². The normalized spacial score (nSPS) is 11.2. The van der Waals surface area contributed by atoms with Crippen molar-refractivity contribution in [3.63, 3.8) is 0 Å². The SMILES string of the molecule is c1ccc(-c2ccc(N(c3ccc(-c4ccccc4)c(-c4ccccc4)c3)c3ccc4c5ccccc5n(-c5ccccc5-c5ccccc5)c4c3)c(-c3ccccc3)c2)cc1. The monoisotopic (exact) mass is 790 g/mol. The predicted molar refractivity (Wildman–Crippen MR) is 263 cm³/mol. The molecule has 292 valence electrons. The Hall–Kier alpha value is -8.20. The van der Waals surface area contributed by atoms with E-state index in [0.717, 1.165) is 39.4 Å². The number of hydrogen-bond donors (Lipinski definition) is 0. The number of anilines is 3. The molecule has 0 unspecified atom stereocenters. The van der Waals surface area contributed by atoms with Gasteiger partial charge in [-0.15, -0.1) is 0 Å². The van der Waals surface area contributed by atoms with E-state index in [1.54, 1.807) is 0 Å². The van der Waals surface area contributed by atoms with Gasteiger partial charge in [-0.1, -0.05) is 206 Å². The highest BCUT2D eigenvalue weighted by molar-refractivity contribution is 6.11. The molecule has 0 aliphatic rings. The Kier molecular flexibility index (Phi) is 9.57. The van der Waals surface area contributed by atoms with E-state index >= 15 is 0 Å². The fraction of sp³-hybridized carbons (Fsp3) is 0. The second-order valence-corrected chi connectivity index (χ2v) is 15.7. The summed E-state index contributed by atoms with van der Waals surface area (Å²) in [5.41, 5.74) is 18.4. The van der Waals surface area contributed by atoms with Crippen LogP contribution in [0.2, 0.25) is 0 Å². The Morgan fingerprint density at radius 1 is 0.258 bits per heavy atom. The molecule has 0 radical (unpaired) electrons. The summed E-state index contributed by atoms with van der Waals surface area (Å²) in [6.07, 6.45) is 0. The molecule has 0 saturated carbocycles. The first-order valence-corrected chi connectivity index (χ1v) is 21.3. The molecule has 0 spiro atoms. The van der Waals surface area contributed by atoms with Crippen molar-refractivity contribution in [1.29, 1.82) is 0 Å². The molecule has 62 heavy (non-hydrogen) atoms. The van der Waals surface area contributed by atoms with Gasteiger partial charge in [-0.2, -0.15) is 0 Å². The molecule has 11 aromatic rings. The molecule has 0 fully saturated rings. The van der Waals surface area contributed by atoms with Crippen molar-refractivity contribution in [3.05, 3.63) is 255 Å². The van der Waals surface area contributed by atoms with Gasteiger partial charge in [0.1, 0.15) is 0 Å². The quantitative estimate of drug-likeness (QED) is 0.141. The Balaban J connectivity index is 1.20. The lowest BCUT2D eigenvalue weighted by Crippen LogP contribution is -2.12. The van der Waals surface area contributed by atoms with Crippen LogP contribution in [-0.2, 0) is 0 Å². The van der Waals surface area contributed by atoms with Gasteiger partial charge in [0.05, 0.1) is 22.4 Å². The summed E-state index contributed by atoms with van der Waals surface area (Å²) < 4.78 is 2.46. The highest BCUT2D eigenvalue weighted by Gasteiger charge is 2.23. The number of hydrogen-bond acceptors (Lipinski definition) is 1. The molecule has 2 nitrogen and oxygen atoms in total. The molecular formula is C60H42N2. The zero-order valence-corrected chi connectivity index (χ0v) is 34.1. The van der Waals surface area contributed by atoms with Gasteiger partial charge >= 0.3 is 0 Å². The molecule has 0 saturated heterocycles. The topological polar surface area (TPSA) is 8.17 Å². The second kappa shape index (κ2) is 16.1.